The van der Waals surface area contributed by atoms with Crippen molar-refractivity contribution in [3.8, 4) is 12.1 Å². The third-order valence-corrected chi connectivity index (χ3v) is 8.10. The summed E-state index contributed by atoms with van der Waals surface area (Å²) in [5, 5.41) is 36.9. The summed E-state index contributed by atoms with van der Waals surface area (Å²) >= 11 is 0. The van der Waals surface area contributed by atoms with E-state index in [2.05, 4.69) is 76.3 Å². The monoisotopic (exact) mass is 643 g/mol. The zero-order valence-corrected chi connectivity index (χ0v) is 26.8. The van der Waals surface area contributed by atoms with Gasteiger partial charge in [-0.25, -0.2) is 0 Å². The second-order valence-corrected chi connectivity index (χ2v) is 12.8. The summed E-state index contributed by atoms with van der Waals surface area (Å²) in [6, 6.07) is 6.96. The van der Waals surface area contributed by atoms with Crippen LogP contribution in [0.2, 0.25) is 0 Å². The van der Waals surface area contributed by atoms with Crippen LogP contribution in [0.5, 0.6) is 0 Å². The van der Waals surface area contributed by atoms with Gasteiger partial charge in [-0.05, 0) is 61.5 Å². The predicted octanol–water partition coefficient (Wildman–Crippen LogP) is 6.13. The number of fused-ring (bicyclic) bond motifs is 1. The highest BCUT2D eigenvalue weighted by Crippen LogP contribution is 2.53. The first-order valence-electron chi connectivity index (χ1n) is 15.0. The third-order valence-electron chi connectivity index (χ3n) is 8.10. The van der Waals surface area contributed by atoms with Crippen molar-refractivity contribution in [3.63, 3.8) is 0 Å². The van der Waals surface area contributed by atoms with Crippen molar-refractivity contribution < 1.29 is 13.2 Å². The molecule has 1 aromatic carbocycles. The van der Waals surface area contributed by atoms with E-state index in [4.69, 9.17) is 0 Å². The summed E-state index contributed by atoms with van der Waals surface area (Å²) in [7, 11) is 0. The Labute approximate surface area is 271 Å². The standard InChI is InChI=1S/C33H36F3N11/c1-7-8-27(47-41-11-12-42-47)20(2)21(3)28(26-18-46(45-44-26)32(9-10-32)33(34,35)36)43-24-13-22(15-37)29-25(14-24)30(23(16-38)17-39-29)40-19-31(4,5)6/h7-8,11-14,17-18,28,43-45H,3,9-10,19H2,1-2,4-6H3,(H,39,40)/b8-7-,27-20+/t28-/m0/s1. The Morgan fingerprint density at radius 1 is 1.15 bits per heavy atom. The van der Waals surface area contributed by atoms with Gasteiger partial charge < -0.3 is 16.1 Å². The first-order chi connectivity index (χ1) is 22.2. The maximum absolute atomic E-state index is 14.1. The predicted molar refractivity (Wildman–Crippen MR) is 174 cm³/mol. The van der Waals surface area contributed by atoms with Gasteiger partial charge in [-0.3, -0.25) is 9.99 Å². The molecule has 3 heterocycles. The fraction of sp³-hybridized carbons (Fsp3) is 0.364. The number of aromatic nitrogens is 4. The van der Waals surface area contributed by atoms with Crippen LogP contribution in [0, 0.1) is 28.1 Å². The van der Waals surface area contributed by atoms with Crippen LogP contribution in [0.25, 0.3) is 16.6 Å². The molecule has 2 aliphatic rings. The molecule has 4 N–H and O–H groups in total. The number of nitrogens with zero attached hydrogens (tertiary/aromatic N) is 7. The fourth-order valence-corrected chi connectivity index (χ4v) is 5.33. The van der Waals surface area contributed by atoms with Gasteiger partial charge in [0.15, 0.2) is 5.54 Å². The molecule has 0 radical (unpaired) electrons. The molecule has 1 aliphatic carbocycles. The number of nitrogens with one attached hydrogen (secondary N) is 4. The van der Waals surface area contributed by atoms with Crippen molar-refractivity contribution in [1.29, 1.82) is 10.5 Å². The number of halogens is 3. The normalized spacial score (nSPS) is 17.0. The molecule has 0 spiro atoms. The average molecular weight is 644 g/mol. The van der Waals surface area contributed by atoms with E-state index in [0.29, 0.717) is 56.9 Å². The Kier molecular flexibility index (Phi) is 8.75. The fourth-order valence-electron chi connectivity index (χ4n) is 5.33. The van der Waals surface area contributed by atoms with E-state index in [1.165, 1.54) is 29.6 Å². The maximum atomic E-state index is 14.1. The molecular weight excluding hydrogens is 607 g/mol. The lowest BCUT2D eigenvalue weighted by atomic mass is 9.95. The van der Waals surface area contributed by atoms with Crippen molar-refractivity contribution in [2.45, 2.75) is 65.2 Å². The van der Waals surface area contributed by atoms with Crippen LogP contribution < -0.4 is 21.6 Å². The molecule has 0 saturated heterocycles. The van der Waals surface area contributed by atoms with Gasteiger partial charge in [-0.15, -0.1) is 5.53 Å². The van der Waals surface area contributed by atoms with Crippen molar-refractivity contribution in [3.05, 3.63) is 83.6 Å². The minimum Gasteiger partial charge on any atom is -0.383 e. The first-order valence-corrected chi connectivity index (χ1v) is 15.0. The van der Waals surface area contributed by atoms with E-state index in [0.717, 1.165) is 5.01 Å². The number of benzene rings is 1. The number of allylic oxidation sites excluding steroid dienone is 3. The Hall–Kier alpha value is -5.34. The second kappa shape index (κ2) is 12.5. The molecule has 1 aliphatic heterocycles. The molecule has 47 heavy (non-hydrogen) atoms. The lowest BCUT2D eigenvalue weighted by molar-refractivity contribution is -0.195. The number of hydrogen-bond acceptors (Lipinski definition) is 10. The van der Waals surface area contributed by atoms with Gasteiger partial charge in [0.2, 0.25) is 0 Å². The van der Waals surface area contributed by atoms with Gasteiger partial charge in [0.05, 0.1) is 52.2 Å². The van der Waals surface area contributed by atoms with Crippen LogP contribution in [0.15, 0.2) is 72.5 Å². The smallest absolute Gasteiger partial charge is 0.383 e. The van der Waals surface area contributed by atoms with Gasteiger partial charge in [-0.2, -0.15) is 38.7 Å². The Morgan fingerprint density at radius 2 is 1.83 bits per heavy atom. The number of nitriles is 2. The van der Waals surface area contributed by atoms with Gasteiger partial charge in [0.25, 0.3) is 0 Å². The molecular formula is C33H36F3N11. The van der Waals surface area contributed by atoms with Crippen LogP contribution in [-0.4, -0.2) is 49.3 Å². The molecule has 0 unspecified atom stereocenters. The molecule has 0 bridgehead atoms. The minimum atomic E-state index is -4.45. The number of rotatable bonds is 10. The Morgan fingerprint density at radius 3 is 2.40 bits per heavy atom. The van der Waals surface area contributed by atoms with Gasteiger partial charge >= 0.3 is 6.18 Å². The summed E-state index contributed by atoms with van der Waals surface area (Å²) in [6.45, 7) is 14.7. The van der Waals surface area contributed by atoms with E-state index in [-0.39, 0.29) is 23.8 Å². The summed E-state index contributed by atoms with van der Waals surface area (Å²) in [5.74, 6) is 0. The van der Waals surface area contributed by atoms with Crippen molar-refractivity contribution in [2.24, 2.45) is 5.41 Å². The zero-order chi connectivity index (χ0) is 34.1. The summed E-state index contributed by atoms with van der Waals surface area (Å²) in [4.78, 5) is 5.86. The van der Waals surface area contributed by atoms with Crippen molar-refractivity contribution in [2.75, 3.05) is 17.2 Å². The number of anilines is 2. The summed E-state index contributed by atoms with van der Waals surface area (Å²) < 4.78 is 42.2. The molecule has 3 aromatic rings. The van der Waals surface area contributed by atoms with Crippen molar-refractivity contribution in [1.82, 2.24) is 35.9 Å². The molecule has 2 aromatic heterocycles. The second-order valence-electron chi connectivity index (χ2n) is 12.8. The number of alkyl halides is 3. The van der Waals surface area contributed by atoms with Crippen LogP contribution in [0.1, 0.15) is 58.6 Å². The lowest BCUT2D eigenvalue weighted by Gasteiger charge is -2.28. The van der Waals surface area contributed by atoms with E-state index < -0.39 is 17.8 Å². The van der Waals surface area contributed by atoms with Crippen LogP contribution >= 0.6 is 0 Å². The maximum Gasteiger partial charge on any atom is 0.413 e. The molecule has 0 amide bonds. The third kappa shape index (κ3) is 6.50. The molecule has 1 saturated carbocycles. The summed E-state index contributed by atoms with van der Waals surface area (Å²) in [6.07, 6.45) is 5.02. The molecule has 11 nitrogen and oxygen atoms in total. The molecule has 5 rings (SSSR count). The van der Waals surface area contributed by atoms with Crippen LogP contribution in [0.4, 0.5) is 24.5 Å². The minimum absolute atomic E-state index is 0.0435. The van der Waals surface area contributed by atoms with E-state index >= 15 is 0 Å². The largest absolute Gasteiger partial charge is 0.413 e. The average Bonchev–Trinajstić information content (AvgIpc) is 3.42. The molecule has 1 fully saturated rings. The van der Waals surface area contributed by atoms with Crippen LogP contribution in [0.3, 0.4) is 0 Å². The quantitative estimate of drug-likeness (QED) is 0.191. The molecule has 14 heteroatoms. The Balaban J connectivity index is 1.64. The Bertz CT molecular complexity index is 1860. The molecule has 244 valence electrons. The zero-order valence-electron chi connectivity index (χ0n) is 26.8. The van der Waals surface area contributed by atoms with E-state index in [1.807, 2.05) is 26.0 Å². The number of hydrogen-bond donors (Lipinski definition) is 4. The number of hydrazine groups is 2. The SMILES string of the molecule is C=C(/C(C)=C(\C=C/C)n1nccn1)[C@H](Nc1cc(C#N)c2ncc(C#N)c(NCC(C)(C)C)c2c1)C1=CN(C2(C(F)(F)F)CC2)NN1. The van der Waals surface area contributed by atoms with Gasteiger partial charge in [-0.1, -0.05) is 33.4 Å². The van der Waals surface area contributed by atoms with Crippen molar-refractivity contribution >= 4 is 28.0 Å². The van der Waals surface area contributed by atoms with E-state index in [9.17, 15) is 23.7 Å². The highest BCUT2D eigenvalue weighted by molar-refractivity contribution is 5.99. The van der Waals surface area contributed by atoms with Gasteiger partial charge in [0.1, 0.15) is 12.1 Å². The lowest BCUT2D eigenvalue weighted by Crippen LogP contribution is -2.52. The topological polar surface area (TPSA) is 143 Å². The first kappa shape index (κ1) is 33.0. The highest BCUT2D eigenvalue weighted by atomic mass is 19.4. The highest BCUT2D eigenvalue weighted by Gasteiger charge is 2.67. The van der Waals surface area contributed by atoms with Gasteiger partial charge in [0, 0.05) is 30.0 Å². The van der Waals surface area contributed by atoms with E-state index in [1.54, 1.807) is 12.1 Å². The number of pyridine rings is 1. The molecule has 1 atom stereocenters. The summed E-state index contributed by atoms with van der Waals surface area (Å²) in [5.41, 5.74) is 7.59. The van der Waals surface area contributed by atoms with Crippen LogP contribution in [-0.2, 0) is 0 Å².